The fraction of sp³-hybridized carbons (Fsp3) is 0.381. The summed E-state index contributed by atoms with van der Waals surface area (Å²) in [6.45, 7) is 5.08. The highest BCUT2D eigenvalue weighted by Crippen LogP contribution is 2.24. The van der Waals surface area contributed by atoms with E-state index >= 15 is 0 Å². The molecule has 1 aromatic carbocycles. The predicted molar refractivity (Wildman–Crippen MR) is 106 cm³/mol. The highest BCUT2D eigenvalue weighted by atomic mass is 16.6. The number of carbonyl (C=O) groups excluding carboxylic acids is 2. The third-order valence-corrected chi connectivity index (χ3v) is 3.74. The number of aromatic nitrogens is 1. The van der Waals surface area contributed by atoms with E-state index in [1.54, 1.807) is 57.2 Å². The minimum atomic E-state index is -0.613. The third-order valence-electron chi connectivity index (χ3n) is 3.74. The number of pyridine rings is 1. The fourth-order valence-corrected chi connectivity index (χ4v) is 2.46. The largest absolute Gasteiger partial charge is 0.465 e. The zero-order valence-corrected chi connectivity index (χ0v) is 17.0. The van der Waals surface area contributed by atoms with Crippen molar-refractivity contribution in [2.45, 2.75) is 38.8 Å². The van der Waals surface area contributed by atoms with E-state index in [-0.39, 0.29) is 18.1 Å². The van der Waals surface area contributed by atoms with E-state index < -0.39 is 23.7 Å². The minimum absolute atomic E-state index is 0.145. The quantitative estimate of drug-likeness (QED) is 0.685. The lowest BCUT2D eigenvalue weighted by atomic mass is 10.1. The zero-order valence-electron chi connectivity index (χ0n) is 17.0. The smallest absolute Gasteiger partial charge is 0.407 e. The molecule has 1 unspecified atom stereocenters. The molecule has 0 saturated heterocycles. The maximum Gasteiger partial charge on any atom is 0.407 e. The molecule has 1 aromatic heterocycles. The van der Waals surface area contributed by atoms with Gasteiger partial charge in [-0.3, -0.25) is 0 Å². The first-order valence-corrected chi connectivity index (χ1v) is 9.12. The highest BCUT2D eigenvalue weighted by Gasteiger charge is 2.19. The minimum Gasteiger partial charge on any atom is -0.465 e. The number of benzene rings is 1. The second kappa shape index (κ2) is 9.88. The van der Waals surface area contributed by atoms with E-state index in [4.69, 9.17) is 14.2 Å². The Morgan fingerprint density at radius 1 is 1.17 bits per heavy atom. The number of aliphatic hydroxyl groups excluding tert-OH is 1. The van der Waals surface area contributed by atoms with Crippen LogP contribution in [0, 0.1) is 0 Å². The van der Waals surface area contributed by atoms with Gasteiger partial charge in [-0.05, 0) is 57.0 Å². The van der Waals surface area contributed by atoms with Crippen LogP contribution in [0.4, 0.5) is 4.79 Å². The summed E-state index contributed by atoms with van der Waals surface area (Å²) in [4.78, 5) is 27.7. The monoisotopic (exact) mass is 402 g/mol. The Kier molecular flexibility index (Phi) is 7.55. The van der Waals surface area contributed by atoms with Crippen molar-refractivity contribution in [3.63, 3.8) is 0 Å². The van der Waals surface area contributed by atoms with Crippen LogP contribution < -0.4 is 10.1 Å². The molecule has 8 nitrogen and oxygen atoms in total. The Morgan fingerprint density at radius 3 is 2.45 bits per heavy atom. The first-order chi connectivity index (χ1) is 13.7. The predicted octanol–water partition coefficient (Wildman–Crippen LogP) is 3.09. The normalized spacial score (nSPS) is 12.0. The lowest BCUT2D eigenvalue weighted by Gasteiger charge is -2.22. The average Bonchev–Trinajstić information content (AvgIpc) is 2.67. The van der Waals surface area contributed by atoms with Crippen molar-refractivity contribution in [3.05, 3.63) is 53.7 Å². The molecule has 1 amide bonds. The Bertz CT molecular complexity index is 830. The lowest BCUT2D eigenvalue weighted by Crippen LogP contribution is -2.42. The SMILES string of the molecule is COC(=O)c1cccnc1Oc1ccc(CC(CO)NC(=O)OC(C)(C)C)cc1. The number of alkyl carbamates (subject to hydrolysis) is 1. The van der Waals surface area contributed by atoms with Crippen molar-refractivity contribution >= 4 is 12.1 Å². The molecule has 2 aromatic rings. The standard InChI is InChI=1S/C21H26N2O6/c1-21(2,3)29-20(26)23-15(13-24)12-14-7-9-16(10-8-14)28-18-17(19(25)27-4)6-5-11-22-18/h5-11,15,24H,12-13H2,1-4H3,(H,23,26). The van der Waals surface area contributed by atoms with Crippen LogP contribution in [-0.2, 0) is 15.9 Å². The van der Waals surface area contributed by atoms with Crippen molar-refractivity contribution < 1.29 is 28.9 Å². The Hall–Kier alpha value is -3.13. The number of aliphatic hydroxyl groups is 1. The lowest BCUT2D eigenvalue weighted by molar-refractivity contribution is 0.0482. The summed E-state index contributed by atoms with van der Waals surface area (Å²) in [6.07, 6.45) is 1.35. The van der Waals surface area contributed by atoms with E-state index in [2.05, 4.69) is 10.3 Å². The van der Waals surface area contributed by atoms with Gasteiger partial charge in [-0.15, -0.1) is 0 Å². The molecular formula is C21H26N2O6. The van der Waals surface area contributed by atoms with Gasteiger partial charge in [0.2, 0.25) is 5.88 Å². The van der Waals surface area contributed by atoms with Gasteiger partial charge in [-0.25, -0.2) is 14.6 Å². The van der Waals surface area contributed by atoms with E-state index in [0.717, 1.165) is 5.56 Å². The molecule has 0 spiro atoms. The van der Waals surface area contributed by atoms with Crippen LogP contribution in [0.1, 0.15) is 36.7 Å². The van der Waals surface area contributed by atoms with Gasteiger partial charge >= 0.3 is 12.1 Å². The van der Waals surface area contributed by atoms with Crippen LogP contribution in [0.2, 0.25) is 0 Å². The summed E-state index contributed by atoms with van der Waals surface area (Å²) in [5.74, 6) is 0.0916. The second-order valence-electron chi connectivity index (χ2n) is 7.32. The van der Waals surface area contributed by atoms with Gasteiger partial charge in [-0.1, -0.05) is 12.1 Å². The van der Waals surface area contributed by atoms with Gasteiger partial charge < -0.3 is 24.6 Å². The molecule has 0 radical (unpaired) electrons. The summed E-state index contributed by atoms with van der Waals surface area (Å²) >= 11 is 0. The Morgan fingerprint density at radius 2 is 1.86 bits per heavy atom. The molecule has 0 aliphatic heterocycles. The van der Waals surface area contributed by atoms with Crippen LogP contribution in [0.25, 0.3) is 0 Å². The fourth-order valence-electron chi connectivity index (χ4n) is 2.46. The Labute approximate surface area is 169 Å². The molecule has 0 fully saturated rings. The van der Waals surface area contributed by atoms with E-state index in [0.29, 0.717) is 12.2 Å². The summed E-state index contributed by atoms with van der Waals surface area (Å²) < 4.78 is 15.6. The van der Waals surface area contributed by atoms with Crippen LogP contribution in [0.5, 0.6) is 11.6 Å². The van der Waals surface area contributed by atoms with Gasteiger partial charge in [0.05, 0.1) is 19.8 Å². The van der Waals surface area contributed by atoms with Crippen LogP contribution in [0.3, 0.4) is 0 Å². The molecule has 2 N–H and O–H groups in total. The number of ether oxygens (including phenoxy) is 3. The first-order valence-electron chi connectivity index (χ1n) is 9.12. The summed E-state index contributed by atoms with van der Waals surface area (Å²) in [7, 11) is 1.29. The van der Waals surface area contributed by atoms with Gasteiger partial charge in [0.15, 0.2) is 0 Å². The zero-order chi connectivity index (χ0) is 21.4. The number of carbonyl (C=O) groups is 2. The van der Waals surface area contributed by atoms with Gasteiger partial charge in [0.25, 0.3) is 0 Å². The maximum absolute atomic E-state index is 11.9. The third kappa shape index (κ3) is 7.08. The molecule has 0 saturated carbocycles. The van der Waals surface area contributed by atoms with E-state index in [9.17, 15) is 14.7 Å². The highest BCUT2D eigenvalue weighted by molar-refractivity contribution is 5.91. The number of methoxy groups -OCH3 is 1. The number of esters is 1. The van der Waals surface area contributed by atoms with Crippen molar-refractivity contribution in [2.75, 3.05) is 13.7 Å². The molecule has 8 heteroatoms. The van der Waals surface area contributed by atoms with Gasteiger partial charge in [-0.2, -0.15) is 0 Å². The molecule has 0 aliphatic rings. The molecule has 156 valence electrons. The van der Waals surface area contributed by atoms with Crippen molar-refractivity contribution in [3.8, 4) is 11.6 Å². The summed E-state index contributed by atoms with van der Waals surface area (Å²) in [5.41, 5.74) is 0.486. The molecule has 29 heavy (non-hydrogen) atoms. The molecule has 0 aliphatic carbocycles. The average molecular weight is 402 g/mol. The first kappa shape index (κ1) is 22.2. The number of nitrogens with zero attached hydrogens (tertiary/aromatic N) is 1. The van der Waals surface area contributed by atoms with E-state index in [1.807, 2.05) is 0 Å². The Balaban J connectivity index is 2.01. The van der Waals surface area contributed by atoms with Crippen molar-refractivity contribution in [1.82, 2.24) is 10.3 Å². The van der Waals surface area contributed by atoms with Crippen molar-refractivity contribution in [1.29, 1.82) is 0 Å². The van der Waals surface area contributed by atoms with Gasteiger partial charge in [0.1, 0.15) is 16.9 Å². The maximum atomic E-state index is 11.9. The molecule has 1 atom stereocenters. The van der Waals surface area contributed by atoms with E-state index in [1.165, 1.54) is 13.3 Å². The number of amides is 1. The number of hydrogen-bond donors (Lipinski definition) is 2. The van der Waals surface area contributed by atoms with Crippen LogP contribution in [-0.4, -0.2) is 47.5 Å². The molecule has 2 rings (SSSR count). The second-order valence-corrected chi connectivity index (χ2v) is 7.32. The number of hydrogen-bond acceptors (Lipinski definition) is 7. The summed E-state index contributed by atoms with van der Waals surface area (Å²) in [6, 6.07) is 9.73. The molecule has 0 bridgehead atoms. The topological polar surface area (TPSA) is 107 Å². The van der Waals surface area contributed by atoms with Crippen molar-refractivity contribution in [2.24, 2.45) is 0 Å². The van der Waals surface area contributed by atoms with Crippen LogP contribution in [0.15, 0.2) is 42.6 Å². The summed E-state index contributed by atoms with van der Waals surface area (Å²) in [5, 5.41) is 12.2. The van der Waals surface area contributed by atoms with Gasteiger partial charge in [0, 0.05) is 6.20 Å². The molecular weight excluding hydrogens is 376 g/mol. The van der Waals surface area contributed by atoms with Crippen LogP contribution >= 0.6 is 0 Å². The number of rotatable bonds is 7. The molecule has 1 heterocycles. The number of nitrogens with one attached hydrogen (secondary N) is 1.